The molecule has 1 saturated heterocycles. The van der Waals surface area contributed by atoms with Crippen molar-refractivity contribution >= 4 is 70.3 Å². The number of nitrogens with zero attached hydrogens (tertiary/aromatic N) is 3. The lowest BCUT2D eigenvalue weighted by Crippen LogP contribution is -2.70. The number of hydrogen-bond donors (Lipinski definition) is 2. The Morgan fingerprint density at radius 1 is 1.38 bits per heavy atom. The summed E-state index contributed by atoms with van der Waals surface area (Å²) in [7, 11) is 1.27. The molecule has 2 aliphatic heterocycles. The Hall–Kier alpha value is -3.04. The van der Waals surface area contributed by atoms with Gasteiger partial charge in [-0.05, 0) is 13.0 Å². The number of anilines is 1. The number of nitrogens with two attached hydrogens (primary N) is 1. The summed E-state index contributed by atoms with van der Waals surface area (Å²) >= 11 is 2.47. The molecular weight excluding hydrogens is 514 g/mol. The normalized spacial score (nSPS) is 20.0. The number of aromatic nitrogens is 1. The van der Waals surface area contributed by atoms with E-state index in [9.17, 15) is 19.2 Å². The second-order valence-corrected chi connectivity index (χ2v) is 8.48. The minimum atomic E-state index is -1.23. The lowest BCUT2D eigenvalue weighted by Gasteiger charge is -2.48. The van der Waals surface area contributed by atoms with Crippen LogP contribution >= 0.6 is 35.5 Å². The third kappa shape index (κ3) is 5.90. The predicted octanol–water partition coefficient (Wildman–Crippen LogP) is 0.844. The Bertz CT molecular complexity index is 1020. The first-order chi connectivity index (χ1) is 15.8. The molecule has 2 aliphatic rings. The molecule has 3 rings (SSSR count). The van der Waals surface area contributed by atoms with Gasteiger partial charge in [0.15, 0.2) is 10.8 Å². The van der Waals surface area contributed by atoms with Crippen molar-refractivity contribution in [2.24, 2.45) is 5.16 Å². The van der Waals surface area contributed by atoms with E-state index in [1.54, 1.807) is 6.92 Å². The maximum Gasteiger partial charge on any atom is 0.511 e. The van der Waals surface area contributed by atoms with E-state index >= 15 is 0 Å². The Balaban J connectivity index is 0.00000408. The Kier molecular flexibility index (Phi) is 9.52. The number of nitrogen functional groups attached to an aromatic ring is 1. The summed E-state index contributed by atoms with van der Waals surface area (Å²) in [4.78, 5) is 59.3. The minimum absolute atomic E-state index is 0. The van der Waals surface area contributed by atoms with Crippen LogP contribution in [0.25, 0.3) is 0 Å². The molecule has 16 heteroatoms. The number of hydrogen-bond acceptors (Lipinski definition) is 13. The molecule has 2 unspecified atom stereocenters. The van der Waals surface area contributed by atoms with E-state index in [-0.39, 0.29) is 41.2 Å². The summed E-state index contributed by atoms with van der Waals surface area (Å²) in [6.45, 7) is 3.04. The van der Waals surface area contributed by atoms with Crippen molar-refractivity contribution in [1.82, 2.24) is 15.2 Å². The monoisotopic (exact) mass is 535 g/mol. The van der Waals surface area contributed by atoms with Crippen molar-refractivity contribution in [3.63, 3.8) is 0 Å². The number of ether oxygens (including phenoxy) is 3. The summed E-state index contributed by atoms with van der Waals surface area (Å²) in [6, 6.07) is -0.912. The van der Waals surface area contributed by atoms with E-state index in [2.05, 4.69) is 20.2 Å². The van der Waals surface area contributed by atoms with Crippen LogP contribution in [0.2, 0.25) is 0 Å². The predicted molar refractivity (Wildman–Crippen MR) is 124 cm³/mol. The van der Waals surface area contributed by atoms with Gasteiger partial charge in [-0.3, -0.25) is 14.5 Å². The SMILES string of the molecule is CCOC(=O)OC(C)OC(=O)C1=CCS[C@@H]2C(NC(=O)/C(=N\OC)c3csc(N)n3)C(=O)N12.Cl. The van der Waals surface area contributed by atoms with E-state index in [1.807, 2.05) is 0 Å². The first kappa shape index (κ1) is 27.2. The largest absolute Gasteiger partial charge is 0.511 e. The fraction of sp³-hybridized carbons (Fsp3) is 0.444. The van der Waals surface area contributed by atoms with E-state index in [1.165, 1.54) is 42.2 Å². The maximum atomic E-state index is 12.8. The zero-order valence-corrected chi connectivity index (χ0v) is 20.7. The number of oxime groups is 1. The Morgan fingerprint density at radius 2 is 2.12 bits per heavy atom. The van der Waals surface area contributed by atoms with Crippen LogP contribution in [0.4, 0.5) is 9.93 Å². The molecule has 3 atom stereocenters. The van der Waals surface area contributed by atoms with Crippen LogP contribution in [0.3, 0.4) is 0 Å². The number of esters is 1. The van der Waals surface area contributed by atoms with Crippen molar-refractivity contribution in [2.45, 2.75) is 31.6 Å². The summed E-state index contributed by atoms with van der Waals surface area (Å²) in [5.41, 5.74) is 5.67. The molecule has 0 radical (unpaired) electrons. The maximum absolute atomic E-state index is 12.8. The van der Waals surface area contributed by atoms with Crippen LogP contribution in [0.15, 0.2) is 22.3 Å². The smallest absolute Gasteiger partial charge is 0.435 e. The average molecular weight is 536 g/mol. The molecule has 0 saturated carbocycles. The third-order valence-electron chi connectivity index (χ3n) is 4.30. The van der Waals surface area contributed by atoms with Crippen molar-refractivity contribution in [1.29, 1.82) is 0 Å². The number of rotatable bonds is 8. The van der Waals surface area contributed by atoms with Crippen LogP contribution in [0.1, 0.15) is 19.5 Å². The number of halogens is 1. The molecule has 13 nitrogen and oxygen atoms in total. The fourth-order valence-corrected chi connectivity index (χ4v) is 4.70. The van der Waals surface area contributed by atoms with Gasteiger partial charge in [-0.15, -0.1) is 35.5 Å². The highest BCUT2D eigenvalue weighted by atomic mass is 35.5. The van der Waals surface area contributed by atoms with Crippen LogP contribution in [0.5, 0.6) is 0 Å². The molecular formula is C18H22ClN5O8S2. The van der Waals surface area contributed by atoms with Crippen LogP contribution in [0, 0.1) is 0 Å². The topological polar surface area (TPSA) is 172 Å². The third-order valence-corrected chi connectivity index (χ3v) is 6.16. The van der Waals surface area contributed by atoms with Gasteiger partial charge >= 0.3 is 12.1 Å². The lowest BCUT2D eigenvalue weighted by atomic mass is 10.0. The lowest BCUT2D eigenvalue weighted by molar-refractivity contribution is -0.168. The van der Waals surface area contributed by atoms with Gasteiger partial charge in [0.25, 0.3) is 11.8 Å². The fourth-order valence-electron chi connectivity index (χ4n) is 2.95. The molecule has 2 amide bonds. The van der Waals surface area contributed by atoms with Gasteiger partial charge < -0.3 is 30.1 Å². The van der Waals surface area contributed by atoms with Crippen LogP contribution < -0.4 is 11.1 Å². The van der Waals surface area contributed by atoms with E-state index in [0.717, 1.165) is 11.3 Å². The number of carbonyl (C=O) groups is 4. The van der Waals surface area contributed by atoms with E-state index < -0.39 is 41.6 Å². The number of thioether (sulfide) groups is 1. The summed E-state index contributed by atoms with van der Waals surface area (Å²) < 4.78 is 14.5. The molecule has 3 heterocycles. The highest BCUT2D eigenvalue weighted by Gasteiger charge is 2.53. The quantitative estimate of drug-likeness (QED) is 0.159. The molecule has 1 aromatic heterocycles. The van der Waals surface area contributed by atoms with Gasteiger partial charge in [-0.2, -0.15) is 0 Å². The molecule has 3 N–H and O–H groups in total. The van der Waals surface area contributed by atoms with Crippen molar-refractivity contribution in [3.8, 4) is 0 Å². The van der Waals surface area contributed by atoms with Crippen LogP contribution in [-0.2, 0) is 33.4 Å². The number of fused-ring (bicyclic) bond motifs is 1. The number of thiazole rings is 1. The molecule has 1 aromatic rings. The molecule has 186 valence electrons. The van der Waals surface area contributed by atoms with Gasteiger partial charge in [0.2, 0.25) is 6.29 Å². The van der Waals surface area contributed by atoms with Crippen molar-refractivity contribution < 1.29 is 38.2 Å². The molecule has 0 aromatic carbocycles. The van der Waals surface area contributed by atoms with Crippen molar-refractivity contribution in [2.75, 3.05) is 25.2 Å². The molecule has 0 aliphatic carbocycles. The van der Waals surface area contributed by atoms with E-state index in [4.69, 9.17) is 20.0 Å². The van der Waals surface area contributed by atoms with Gasteiger partial charge in [-0.1, -0.05) is 5.16 Å². The molecule has 0 bridgehead atoms. The first-order valence-corrected chi connectivity index (χ1v) is 11.5. The summed E-state index contributed by atoms with van der Waals surface area (Å²) in [6.07, 6.45) is -0.690. The molecule has 1 fully saturated rings. The highest BCUT2D eigenvalue weighted by Crippen LogP contribution is 2.38. The number of β-lactam (4-membered cyclic amide) rings is 1. The standard InChI is InChI=1S/C18H21N5O8S2.ClH/c1-4-29-18(27)31-8(2)30-16(26)10-5-6-32-15-12(14(25)23(10)15)21-13(24)11(22-28-3)9-7-33-17(19)20-9;/h5,7-8,12,15H,4,6H2,1-3H3,(H2,19,20)(H,21,24);1H/b22-11-;/t8?,12?,15-;/m1./s1. The Labute approximate surface area is 208 Å². The second-order valence-electron chi connectivity index (χ2n) is 6.44. The number of nitrogens with one attached hydrogen (secondary N) is 1. The van der Waals surface area contributed by atoms with Gasteiger partial charge in [0, 0.05) is 18.1 Å². The summed E-state index contributed by atoms with van der Waals surface area (Å²) in [5.74, 6) is -1.66. The minimum Gasteiger partial charge on any atom is -0.435 e. The van der Waals surface area contributed by atoms with Gasteiger partial charge in [0.05, 0.1) is 6.61 Å². The summed E-state index contributed by atoms with van der Waals surface area (Å²) in [5, 5.41) is 7.51. The average Bonchev–Trinajstić information content (AvgIpc) is 3.20. The Morgan fingerprint density at radius 3 is 2.74 bits per heavy atom. The zero-order chi connectivity index (χ0) is 24.1. The van der Waals surface area contributed by atoms with Crippen LogP contribution in [-0.4, -0.2) is 76.7 Å². The second kappa shape index (κ2) is 11.9. The molecule has 0 spiro atoms. The molecule has 34 heavy (non-hydrogen) atoms. The first-order valence-electron chi connectivity index (χ1n) is 9.59. The van der Waals surface area contributed by atoms with E-state index in [0.29, 0.717) is 5.75 Å². The number of carbonyl (C=O) groups excluding carboxylic acids is 4. The van der Waals surface area contributed by atoms with Gasteiger partial charge in [0.1, 0.15) is 29.9 Å². The van der Waals surface area contributed by atoms with Crippen molar-refractivity contribution in [3.05, 3.63) is 22.8 Å². The number of amides is 2. The highest BCUT2D eigenvalue weighted by molar-refractivity contribution is 8.00. The zero-order valence-electron chi connectivity index (χ0n) is 18.2. The van der Waals surface area contributed by atoms with Gasteiger partial charge in [-0.25, -0.2) is 14.6 Å².